The minimum absolute atomic E-state index is 0.00588. The number of morpholine rings is 1. The van der Waals surface area contributed by atoms with Crippen LogP contribution in [-0.4, -0.2) is 75.8 Å². The molecule has 0 atom stereocenters. The number of carbonyl (C=O) groups excluding carboxylic acids is 1. The summed E-state index contributed by atoms with van der Waals surface area (Å²) in [5.74, 6) is -0.812. The maximum Gasteiger partial charge on any atom is 0.335 e. The first kappa shape index (κ1) is 21.4. The molecule has 5 rings (SSSR count). The number of hydrogen-bond donors (Lipinski definition) is 1. The van der Waals surface area contributed by atoms with Crippen molar-refractivity contribution in [3.05, 3.63) is 53.6 Å². The molecule has 2 aromatic carbocycles. The van der Waals surface area contributed by atoms with Crippen LogP contribution < -0.4 is 9.80 Å². The van der Waals surface area contributed by atoms with E-state index in [2.05, 4.69) is 32.6 Å². The lowest BCUT2D eigenvalue weighted by atomic mass is 10.1. The van der Waals surface area contributed by atoms with E-state index < -0.39 is 5.97 Å². The lowest BCUT2D eigenvalue weighted by Gasteiger charge is -2.29. The van der Waals surface area contributed by atoms with E-state index in [-0.39, 0.29) is 17.2 Å². The van der Waals surface area contributed by atoms with Gasteiger partial charge in [-0.3, -0.25) is 4.79 Å². The van der Waals surface area contributed by atoms with Gasteiger partial charge in [0.15, 0.2) is 0 Å². The van der Waals surface area contributed by atoms with Crippen molar-refractivity contribution in [2.45, 2.75) is 11.6 Å². The standard InChI is InChI=1S/C22H22N6O4S/c29-20(14-33-22-23-24-25-28(22)17-3-1-15(2-4-17)21(30)31)27-8-7-16-13-18(5-6-19(16)27)26-9-11-32-12-10-26/h1-6,13H,7-12,14H2,(H,30,31). The summed E-state index contributed by atoms with van der Waals surface area (Å²) in [6.07, 6.45) is 0.831. The molecule has 1 fully saturated rings. The number of carboxylic acids is 1. The number of tetrazole rings is 1. The lowest BCUT2D eigenvalue weighted by Crippen LogP contribution is -2.36. The molecule has 10 nitrogen and oxygen atoms in total. The Morgan fingerprint density at radius 1 is 1.03 bits per heavy atom. The van der Waals surface area contributed by atoms with Crippen LogP contribution in [0.3, 0.4) is 0 Å². The molecule has 0 bridgehead atoms. The topological polar surface area (TPSA) is 114 Å². The fraction of sp³-hybridized carbons (Fsp3) is 0.318. The van der Waals surface area contributed by atoms with Gasteiger partial charge >= 0.3 is 5.97 Å². The second-order valence-electron chi connectivity index (χ2n) is 7.72. The summed E-state index contributed by atoms with van der Waals surface area (Å²) in [6.45, 7) is 3.89. The Morgan fingerprint density at radius 2 is 1.79 bits per heavy atom. The number of amides is 1. The molecular weight excluding hydrogens is 444 g/mol. The number of thioether (sulfide) groups is 1. The molecule has 1 aromatic heterocycles. The van der Waals surface area contributed by atoms with Crippen molar-refractivity contribution in [1.82, 2.24) is 20.2 Å². The summed E-state index contributed by atoms with van der Waals surface area (Å²) in [7, 11) is 0. The molecule has 3 aromatic rings. The van der Waals surface area contributed by atoms with Gasteiger partial charge in [-0.15, -0.1) is 5.10 Å². The Balaban J connectivity index is 1.25. The van der Waals surface area contributed by atoms with Gasteiger partial charge in [0.1, 0.15) is 0 Å². The number of nitrogens with zero attached hydrogens (tertiary/aromatic N) is 6. The summed E-state index contributed by atoms with van der Waals surface area (Å²) in [6, 6.07) is 12.5. The molecule has 2 aliphatic rings. The van der Waals surface area contributed by atoms with E-state index in [0.29, 0.717) is 17.4 Å². The van der Waals surface area contributed by atoms with Gasteiger partial charge in [0, 0.05) is 31.0 Å². The number of rotatable bonds is 6. The van der Waals surface area contributed by atoms with Crippen LogP contribution in [-0.2, 0) is 16.0 Å². The zero-order valence-corrected chi connectivity index (χ0v) is 18.6. The Kier molecular flexibility index (Phi) is 5.97. The molecule has 0 unspecified atom stereocenters. The molecule has 0 radical (unpaired) electrons. The highest BCUT2D eigenvalue weighted by Crippen LogP contribution is 2.33. The van der Waals surface area contributed by atoms with E-state index in [4.69, 9.17) is 9.84 Å². The van der Waals surface area contributed by atoms with Crippen LogP contribution in [0, 0.1) is 0 Å². The summed E-state index contributed by atoms with van der Waals surface area (Å²) in [5.41, 5.74) is 4.12. The van der Waals surface area contributed by atoms with Gasteiger partial charge in [0.05, 0.1) is 30.2 Å². The molecule has 33 heavy (non-hydrogen) atoms. The fourth-order valence-electron chi connectivity index (χ4n) is 4.05. The second-order valence-corrected chi connectivity index (χ2v) is 8.66. The Labute approximate surface area is 194 Å². The number of aromatic carboxylic acids is 1. The number of carboxylic acid groups (broad SMARTS) is 1. The van der Waals surface area contributed by atoms with Gasteiger partial charge in [-0.1, -0.05) is 11.8 Å². The summed E-state index contributed by atoms with van der Waals surface area (Å²) >= 11 is 1.25. The first-order valence-electron chi connectivity index (χ1n) is 10.6. The summed E-state index contributed by atoms with van der Waals surface area (Å²) in [5, 5.41) is 21.2. The van der Waals surface area contributed by atoms with Gasteiger partial charge < -0.3 is 19.6 Å². The van der Waals surface area contributed by atoms with Crippen molar-refractivity contribution in [2.75, 3.05) is 48.4 Å². The Hall–Kier alpha value is -3.44. The highest BCUT2D eigenvalue weighted by Gasteiger charge is 2.26. The van der Waals surface area contributed by atoms with E-state index in [1.54, 1.807) is 12.1 Å². The molecule has 1 N–H and O–H groups in total. The number of carbonyl (C=O) groups is 2. The second kappa shape index (κ2) is 9.20. The maximum atomic E-state index is 13.0. The fourth-order valence-corrected chi connectivity index (χ4v) is 4.81. The molecule has 1 saturated heterocycles. The summed E-state index contributed by atoms with van der Waals surface area (Å²) in [4.78, 5) is 28.2. The predicted octanol–water partition coefficient (Wildman–Crippen LogP) is 1.88. The number of ether oxygens (including phenoxy) is 1. The van der Waals surface area contributed by atoms with Crippen molar-refractivity contribution >= 4 is 35.0 Å². The summed E-state index contributed by atoms with van der Waals surface area (Å²) < 4.78 is 6.93. The Morgan fingerprint density at radius 3 is 2.55 bits per heavy atom. The van der Waals surface area contributed by atoms with Crippen molar-refractivity contribution < 1.29 is 19.4 Å². The monoisotopic (exact) mass is 466 g/mol. The van der Waals surface area contributed by atoms with E-state index in [0.717, 1.165) is 38.4 Å². The zero-order chi connectivity index (χ0) is 22.8. The quantitative estimate of drug-likeness (QED) is 0.544. The van der Waals surface area contributed by atoms with Crippen molar-refractivity contribution in [3.63, 3.8) is 0 Å². The molecule has 0 saturated carbocycles. The van der Waals surface area contributed by atoms with Crippen molar-refractivity contribution in [3.8, 4) is 5.69 Å². The average Bonchev–Trinajstić information content (AvgIpc) is 3.50. The molecule has 3 heterocycles. The van der Waals surface area contributed by atoms with E-state index in [1.807, 2.05) is 11.0 Å². The van der Waals surface area contributed by atoms with Gasteiger partial charge in [0.25, 0.3) is 0 Å². The third kappa shape index (κ3) is 4.41. The molecule has 11 heteroatoms. The van der Waals surface area contributed by atoms with Crippen LogP contribution in [0.5, 0.6) is 0 Å². The van der Waals surface area contributed by atoms with Crippen molar-refractivity contribution in [1.29, 1.82) is 0 Å². The van der Waals surface area contributed by atoms with Crippen LogP contribution in [0.2, 0.25) is 0 Å². The lowest BCUT2D eigenvalue weighted by molar-refractivity contribution is -0.116. The molecule has 0 spiro atoms. The van der Waals surface area contributed by atoms with Crippen LogP contribution >= 0.6 is 11.8 Å². The van der Waals surface area contributed by atoms with Gasteiger partial charge in [-0.25, -0.2) is 4.79 Å². The average molecular weight is 467 g/mol. The van der Waals surface area contributed by atoms with Crippen LogP contribution in [0.4, 0.5) is 11.4 Å². The minimum atomic E-state index is -0.999. The largest absolute Gasteiger partial charge is 0.478 e. The SMILES string of the molecule is O=C(O)c1ccc(-n2nnnc2SCC(=O)N2CCc3cc(N4CCOCC4)ccc32)cc1. The maximum absolute atomic E-state index is 13.0. The van der Waals surface area contributed by atoms with E-state index in [9.17, 15) is 9.59 Å². The Bertz CT molecular complexity index is 1180. The minimum Gasteiger partial charge on any atom is -0.478 e. The number of hydrogen-bond acceptors (Lipinski definition) is 8. The number of aromatic nitrogens is 4. The van der Waals surface area contributed by atoms with Gasteiger partial charge in [-0.2, -0.15) is 4.68 Å². The third-order valence-corrected chi connectivity index (χ3v) is 6.66. The van der Waals surface area contributed by atoms with Gasteiger partial charge in [-0.05, 0) is 64.9 Å². The number of anilines is 2. The van der Waals surface area contributed by atoms with Crippen LogP contribution in [0.15, 0.2) is 47.6 Å². The molecular formula is C22H22N6O4S. The van der Waals surface area contributed by atoms with Crippen LogP contribution in [0.25, 0.3) is 5.69 Å². The zero-order valence-electron chi connectivity index (χ0n) is 17.8. The highest BCUT2D eigenvalue weighted by molar-refractivity contribution is 7.99. The van der Waals surface area contributed by atoms with Gasteiger partial charge in [0.2, 0.25) is 11.1 Å². The first-order chi connectivity index (χ1) is 16.1. The van der Waals surface area contributed by atoms with E-state index in [1.165, 1.54) is 39.8 Å². The predicted molar refractivity (Wildman–Crippen MR) is 122 cm³/mol. The van der Waals surface area contributed by atoms with Crippen molar-refractivity contribution in [2.24, 2.45) is 0 Å². The third-order valence-electron chi connectivity index (χ3n) is 5.76. The normalized spacial score (nSPS) is 15.5. The molecule has 170 valence electrons. The highest BCUT2D eigenvalue weighted by atomic mass is 32.2. The first-order valence-corrected chi connectivity index (χ1v) is 11.6. The molecule has 0 aliphatic carbocycles. The smallest absolute Gasteiger partial charge is 0.335 e. The van der Waals surface area contributed by atoms with E-state index >= 15 is 0 Å². The van der Waals surface area contributed by atoms with Crippen LogP contribution in [0.1, 0.15) is 15.9 Å². The number of fused-ring (bicyclic) bond motifs is 1. The number of benzene rings is 2. The molecule has 2 aliphatic heterocycles. The molecule has 1 amide bonds.